The molecule has 0 heterocycles. The second-order valence-corrected chi connectivity index (χ2v) is 6.68. The molecule has 0 aromatic heterocycles. The Hall–Kier alpha value is -2.55. The largest absolute Gasteiger partial charge is 0.322 e. The van der Waals surface area contributed by atoms with E-state index in [-0.39, 0.29) is 5.91 Å². The molecule has 0 spiro atoms. The minimum absolute atomic E-state index is 0.226. The summed E-state index contributed by atoms with van der Waals surface area (Å²) >= 11 is 12.4. The molecule has 0 saturated carbocycles. The molecule has 26 heavy (non-hydrogen) atoms. The van der Waals surface area contributed by atoms with Gasteiger partial charge in [-0.2, -0.15) is 0 Å². The number of rotatable bonds is 4. The lowest BCUT2D eigenvalue weighted by molar-refractivity contribution is -0.111. The molecule has 130 valence electrons. The molecule has 0 aliphatic rings. The zero-order chi connectivity index (χ0) is 18.5. The molecule has 0 fully saturated rings. The molecule has 3 aromatic rings. The maximum atomic E-state index is 13.0. The van der Waals surface area contributed by atoms with Crippen LogP contribution in [0.1, 0.15) is 16.7 Å². The molecule has 0 bridgehead atoms. The maximum Gasteiger partial charge on any atom is 0.256 e. The van der Waals surface area contributed by atoms with Crippen molar-refractivity contribution in [3.8, 4) is 0 Å². The number of benzene rings is 3. The van der Waals surface area contributed by atoms with E-state index in [0.29, 0.717) is 21.3 Å². The molecule has 0 atom stereocenters. The molecule has 0 aliphatic carbocycles. The normalized spacial score (nSPS) is 11.3. The Balaban J connectivity index is 1.99. The van der Waals surface area contributed by atoms with Gasteiger partial charge in [0.2, 0.25) is 0 Å². The van der Waals surface area contributed by atoms with Crippen molar-refractivity contribution in [2.75, 3.05) is 5.32 Å². The van der Waals surface area contributed by atoms with Gasteiger partial charge in [0.15, 0.2) is 0 Å². The summed E-state index contributed by atoms with van der Waals surface area (Å²) in [7, 11) is 0. The highest BCUT2D eigenvalue weighted by Gasteiger charge is 2.13. The molecule has 4 heteroatoms. The van der Waals surface area contributed by atoms with Gasteiger partial charge in [0.05, 0.1) is 0 Å². The summed E-state index contributed by atoms with van der Waals surface area (Å²) in [6.45, 7) is 1.92. The van der Waals surface area contributed by atoms with Gasteiger partial charge in [0.25, 0.3) is 5.91 Å². The van der Waals surface area contributed by atoms with Crippen LogP contribution in [0.5, 0.6) is 0 Å². The van der Waals surface area contributed by atoms with Crippen LogP contribution in [0.15, 0.2) is 72.8 Å². The zero-order valence-electron chi connectivity index (χ0n) is 14.2. The standard InChI is InChI=1S/C22H17Cl2NO/c1-15-11-12-18(14-21(15)24)25-22(26)19(16-7-3-2-4-8-16)13-17-9-5-6-10-20(17)23/h2-14H,1H3,(H,25,26)/b19-13+. The van der Waals surface area contributed by atoms with Crippen molar-refractivity contribution in [2.24, 2.45) is 0 Å². The third kappa shape index (κ3) is 4.34. The van der Waals surface area contributed by atoms with Crippen LogP contribution in [0.2, 0.25) is 10.0 Å². The number of carbonyl (C=O) groups excluding carboxylic acids is 1. The summed E-state index contributed by atoms with van der Waals surface area (Å²) in [5, 5.41) is 4.11. The van der Waals surface area contributed by atoms with E-state index < -0.39 is 0 Å². The second kappa shape index (κ2) is 8.22. The Bertz CT molecular complexity index is 965. The fourth-order valence-electron chi connectivity index (χ4n) is 2.51. The monoisotopic (exact) mass is 381 g/mol. The molecule has 0 saturated heterocycles. The van der Waals surface area contributed by atoms with E-state index in [4.69, 9.17) is 23.2 Å². The fraction of sp³-hybridized carbons (Fsp3) is 0.0455. The summed E-state index contributed by atoms with van der Waals surface area (Å²) < 4.78 is 0. The Morgan fingerprint density at radius 1 is 0.885 bits per heavy atom. The fourth-order valence-corrected chi connectivity index (χ4v) is 2.89. The first-order chi connectivity index (χ1) is 12.5. The summed E-state index contributed by atoms with van der Waals surface area (Å²) in [6.07, 6.45) is 1.79. The van der Waals surface area contributed by atoms with Gasteiger partial charge in [-0.15, -0.1) is 0 Å². The van der Waals surface area contributed by atoms with Crippen molar-refractivity contribution >= 4 is 46.4 Å². The van der Waals surface area contributed by atoms with Gasteiger partial charge in [-0.05, 0) is 47.9 Å². The van der Waals surface area contributed by atoms with Crippen LogP contribution < -0.4 is 5.32 Å². The highest BCUT2D eigenvalue weighted by atomic mass is 35.5. The van der Waals surface area contributed by atoms with E-state index in [1.54, 1.807) is 18.2 Å². The van der Waals surface area contributed by atoms with E-state index in [0.717, 1.165) is 16.7 Å². The van der Waals surface area contributed by atoms with E-state index in [1.165, 1.54) is 0 Å². The van der Waals surface area contributed by atoms with Crippen LogP contribution in [-0.4, -0.2) is 5.91 Å². The molecule has 1 amide bonds. The number of anilines is 1. The third-order valence-corrected chi connectivity index (χ3v) is 4.72. The summed E-state index contributed by atoms with van der Waals surface area (Å²) in [5.74, 6) is -0.226. The van der Waals surface area contributed by atoms with E-state index >= 15 is 0 Å². The average Bonchev–Trinajstić information content (AvgIpc) is 2.64. The molecule has 0 aliphatic heterocycles. The van der Waals surface area contributed by atoms with Gasteiger partial charge in [-0.3, -0.25) is 4.79 Å². The summed E-state index contributed by atoms with van der Waals surface area (Å²) in [5.41, 5.74) is 3.72. The predicted molar refractivity (Wildman–Crippen MR) is 111 cm³/mol. The summed E-state index contributed by atoms with van der Waals surface area (Å²) in [6, 6.07) is 22.4. The van der Waals surface area contributed by atoms with Gasteiger partial charge in [-0.25, -0.2) is 0 Å². The molecular weight excluding hydrogens is 365 g/mol. The van der Waals surface area contributed by atoms with Crippen molar-refractivity contribution in [1.29, 1.82) is 0 Å². The van der Waals surface area contributed by atoms with Crippen molar-refractivity contribution in [3.63, 3.8) is 0 Å². The number of halogens is 2. The molecule has 0 radical (unpaired) electrons. The lowest BCUT2D eigenvalue weighted by Gasteiger charge is -2.11. The van der Waals surface area contributed by atoms with Crippen LogP contribution >= 0.6 is 23.2 Å². The number of carbonyl (C=O) groups is 1. The smallest absolute Gasteiger partial charge is 0.256 e. The lowest BCUT2D eigenvalue weighted by Crippen LogP contribution is -2.13. The first-order valence-electron chi connectivity index (χ1n) is 8.14. The van der Waals surface area contributed by atoms with Crippen molar-refractivity contribution in [3.05, 3.63) is 99.5 Å². The van der Waals surface area contributed by atoms with Crippen LogP contribution in [-0.2, 0) is 4.79 Å². The Morgan fingerprint density at radius 2 is 1.58 bits per heavy atom. The third-order valence-electron chi connectivity index (χ3n) is 3.96. The molecule has 0 unspecified atom stereocenters. The average molecular weight is 382 g/mol. The van der Waals surface area contributed by atoms with Crippen molar-refractivity contribution < 1.29 is 4.79 Å². The van der Waals surface area contributed by atoms with Gasteiger partial charge in [0.1, 0.15) is 0 Å². The van der Waals surface area contributed by atoms with Crippen molar-refractivity contribution in [1.82, 2.24) is 0 Å². The first-order valence-corrected chi connectivity index (χ1v) is 8.89. The van der Waals surface area contributed by atoms with E-state index in [2.05, 4.69) is 5.32 Å². The molecular formula is C22H17Cl2NO. The molecule has 2 nitrogen and oxygen atoms in total. The zero-order valence-corrected chi connectivity index (χ0v) is 15.7. The topological polar surface area (TPSA) is 29.1 Å². The first kappa shape index (κ1) is 18.2. The predicted octanol–water partition coefficient (Wildman–Crippen LogP) is 6.48. The Labute approximate surface area is 163 Å². The molecule has 3 rings (SSSR count). The lowest BCUT2D eigenvalue weighted by atomic mass is 10.0. The number of nitrogens with one attached hydrogen (secondary N) is 1. The van der Waals surface area contributed by atoms with Gasteiger partial charge >= 0.3 is 0 Å². The highest BCUT2D eigenvalue weighted by Crippen LogP contribution is 2.26. The number of amides is 1. The van der Waals surface area contributed by atoms with Crippen LogP contribution in [0.4, 0.5) is 5.69 Å². The van der Waals surface area contributed by atoms with Gasteiger partial charge < -0.3 is 5.32 Å². The van der Waals surface area contributed by atoms with E-state index in [9.17, 15) is 4.79 Å². The Kier molecular flexibility index (Phi) is 5.77. The SMILES string of the molecule is Cc1ccc(NC(=O)/C(=C/c2ccccc2Cl)c2ccccc2)cc1Cl. The summed E-state index contributed by atoms with van der Waals surface area (Å²) in [4.78, 5) is 13.0. The number of hydrogen-bond donors (Lipinski definition) is 1. The van der Waals surface area contributed by atoms with Crippen molar-refractivity contribution in [2.45, 2.75) is 6.92 Å². The molecule has 1 N–H and O–H groups in total. The second-order valence-electron chi connectivity index (χ2n) is 5.86. The number of aryl methyl sites for hydroxylation is 1. The van der Waals surface area contributed by atoms with Crippen LogP contribution in [0.25, 0.3) is 11.6 Å². The van der Waals surface area contributed by atoms with Gasteiger partial charge in [-0.1, -0.05) is 77.8 Å². The minimum Gasteiger partial charge on any atom is -0.322 e. The molecule has 3 aromatic carbocycles. The van der Waals surface area contributed by atoms with Crippen LogP contribution in [0, 0.1) is 6.92 Å². The quantitative estimate of drug-likeness (QED) is 0.406. The van der Waals surface area contributed by atoms with Gasteiger partial charge in [0, 0.05) is 21.3 Å². The Morgan fingerprint density at radius 3 is 2.27 bits per heavy atom. The number of hydrogen-bond acceptors (Lipinski definition) is 1. The highest BCUT2D eigenvalue weighted by molar-refractivity contribution is 6.34. The minimum atomic E-state index is -0.226. The maximum absolute atomic E-state index is 13.0. The van der Waals surface area contributed by atoms with Crippen LogP contribution in [0.3, 0.4) is 0 Å². The van der Waals surface area contributed by atoms with E-state index in [1.807, 2.05) is 67.6 Å².